The summed E-state index contributed by atoms with van der Waals surface area (Å²) < 4.78 is 5.74. The van der Waals surface area contributed by atoms with E-state index in [9.17, 15) is 4.79 Å². The molecule has 0 atom stereocenters. The van der Waals surface area contributed by atoms with Gasteiger partial charge in [-0.05, 0) is 81.4 Å². The second-order valence-corrected chi connectivity index (χ2v) is 8.74. The molecule has 5 nitrogen and oxygen atoms in total. The summed E-state index contributed by atoms with van der Waals surface area (Å²) in [6, 6.07) is 15.5. The Morgan fingerprint density at radius 3 is 2.59 bits per heavy atom. The summed E-state index contributed by atoms with van der Waals surface area (Å²) in [5.74, 6) is 1.59. The number of ether oxygens (including phenoxy) is 1. The third-order valence-electron chi connectivity index (χ3n) is 5.13. The normalized spacial score (nSPS) is 15.2. The van der Waals surface area contributed by atoms with Crippen LogP contribution in [0.1, 0.15) is 22.6 Å². The molecule has 0 spiro atoms. The van der Waals surface area contributed by atoms with E-state index in [-0.39, 0.29) is 11.8 Å². The van der Waals surface area contributed by atoms with Gasteiger partial charge in [0, 0.05) is 34.1 Å². The minimum absolute atomic E-state index is 0.0719. The molecule has 3 aromatic rings. The highest BCUT2D eigenvalue weighted by molar-refractivity contribution is 7.11. The first kappa shape index (κ1) is 19.6. The van der Waals surface area contributed by atoms with Gasteiger partial charge in [0.1, 0.15) is 11.5 Å². The zero-order chi connectivity index (χ0) is 20.1. The van der Waals surface area contributed by atoms with E-state index < -0.39 is 0 Å². The zero-order valence-electron chi connectivity index (χ0n) is 16.5. The van der Waals surface area contributed by atoms with Crippen LogP contribution in [0, 0.1) is 12.8 Å². The van der Waals surface area contributed by atoms with Gasteiger partial charge in [-0.3, -0.25) is 14.7 Å². The van der Waals surface area contributed by atoms with Gasteiger partial charge in [0.25, 0.3) is 0 Å². The molecule has 1 aromatic carbocycles. The molecule has 1 amide bonds. The first-order valence-electron chi connectivity index (χ1n) is 9.92. The summed E-state index contributed by atoms with van der Waals surface area (Å²) in [5, 5.41) is 3.05. The van der Waals surface area contributed by atoms with E-state index in [0.717, 1.165) is 38.2 Å². The third kappa shape index (κ3) is 5.43. The van der Waals surface area contributed by atoms with E-state index in [1.165, 1.54) is 9.75 Å². The molecular formula is C23H25N3O2S. The van der Waals surface area contributed by atoms with Crippen molar-refractivity contribution in [3.05, 3.63) is 70.7 Å². The molecule has 1 aliphatic rings. The van der Waals surface area contributed by atoms with Crippen LogP contribution in [0.3, 0.4) is 0 Å². The van der Waals surface area contributed by atoms with Crippen LogP contribution in [0.4, 0.5) is 5.69 Å². The van der Waals surface area contributed by atoms with Crippen molar-refractivity contribution in [2.45, 2.75) is 26.3 Å². The van der Waals surface area contributed by atoms with Crippen LogP contribution in [-0.2, 0) is 11.3 Å². The molecule has 0 aliphatic carbocycles. The van der Waals surface area contributed by atoms with Gasteiger partial charge in [0.2, 0.25) is 5.91 Å². The second-order valence-electron chi connectivity index (χ2n) is 7.37. The number of anilines is 1. The molecule has 1 fully saturated rings. The number of pyridine rings is 1. The van der Waals surface area contributed by atoms with E-state index >= 15 is 0 Å². The molecular weight excluding hydrogens is 382 g/mol. The highest BCUT2D eigenvalue weighted by Crippen LogP contribution is 2.25. The Hall–Kier alpha value is -2.70. The molecule has 1 saturated heterocycles. The quantitative estimate of drug-likeness (QED) is 0.618. The van der Waals surface area contributed by atoms with Crippen molar-refractivity contribution in [3.8, 4) is 11.5 Å². The number of benzene rings is 1. The number of hydrogen-bond donors (Lipinski definition) is 1. The van der Waals surface area contributed by atoms with E-state index in [0.29, 0.717) is 11.5 Å². The lowest BCUT2D eigenvalue weighted by molar-refractivity contribution is -0.121. The number of hydrogen-bond acceptors (Lipinski definition) is 5. The summed E-state index contributed by atoms with van der Waals surface area (Å²) in [4.78, 5) is 21.9. The number of piperidine rings is 1. The van der Waals surface area contributed by atoms with Crippen molar-refractivity contribution in [2.24, 2.45) is 5.92 Å². The van der Waals surface area contributed by atoms with Gasteiger partial charge in [-0.1, -0.05) is 0 Å². The number of amides is 1. The smallest absolute Gasteiger partial charge is 0.227 e. The van der Waals surface area contributed by atoms with Crippen LogP contribution in [0.2, 0.25) is 0 Å². The molecule has 0 unspecified atom stereocenters. The molecule has 0 bridgehead atoms. The lowest BCUT2D eigenvalue weighted by Crippen LogP contribution is -2.37. The maximum atomic E-state index is 12.6. The topological polar surface area (TPSA) is 54.5 Å². The van der Waals surface area contributed by atoms with Crippen molar-refractivity contribution in [1.82, 2.24) is 9.88 Å². The number of nitrogens with zero attached hydrogens (tertiary/aromatic N) is 2. The van der Waals surface area contributed by atoms with E-state index in [1.54, 1.807) is 12.4 Å². The van der Waals surface area contributed by atoms with Gasteiger partial charge >= 0.3 is 0 Å². The van der Waals surface area contributed by atoms with E-state index in [2.05, 4.69) is 34.3 Å². The molecule has 150 valence electrons. The molecule has 0 radical (unpaired) electrons. The zero-order valence-corrected chi connectivity index (χ0v) is 17.3. The van der Waals surface area contributed by atoms with Crippen molar-refractivity contribution in [2.75, 3.05) is 18.4 Å². The highest BCUT2D eigenvalue weighted by atomic mass is 32.1. The van der Waals surface area contributed by atoms with Gasteiger partial charge in [-0.25, -0.2) is 0 Å². The van der Waals surface area contributed by atoms with Crippen LogP contribution in [0.25, 0.3) is 0 Å². The van der Waals surface area contributed by atoms with Crippen LogP contribution >= 0.6 is 11.3 Å². The summed E-state index contributed by atoms with van der Waals surface area (Å²) in [6.07, 6.45) is 5.18. The molecule has 6 heteroatoms. The number of rotatable bonds is 6. The third-order valence-corrected chi connectivity index (χ3v) is 6.11. The largest absolute Gasteiger partial charge is 0.456 e. The molecule has 4 rings (SSSR count). The lowest BCUT2D eigenvalue weighted by atomic mass is 9.95. The lowest BCUT2D eigenvalue weighted by Gasteiger charge is -2.30. The number of carbonyl (C=O) groups excluding carboxylic acids is 1. The fraction of sp³-hybridized carbons (Fsp3) is 0.304. The number of nitrogens with one attached hydrogen (secondary N) is 1. The Labute approximate surface area is 175 Å². The fourth-order valence-corrected chi connectivity index (χ4v) is 4.47. The van der Waals surface area contributed by atoms with Gasteiger partial charge in [0.15, 0.2) is 0 Å². The Morgan fingerprint density at radius 2 is 1.93 bits per heavy atom. The van der Waals surface area contributed by atoms with Crippen molar-refractivity contribution >= 4 is 22.9 Å². The van der Waals surface area contributed by atoms with Crippen LogP contribution in [-0.4, -0.2) is 28.9 Å². The first-order valence-corrected chi connectivity index (χ1v) is 10.7. The molecule has 1 N–H and O–H groups in total. The van der Waals surface area contributed by atoms with Gasteiger partial charge in [0.05, 0.1) is 6.20 Å². The predicted molar refractivity (Wildman–Crippen MR) is 116 cm³/mol. The van der Waals surface area contributed by atoms with E-state index in [4.69, 9.17) is 4.74 Å². The SMILES string of the molecule is Cc1ccc(CN2CCC(C(=O)Nc3ccc(Oc4cccnc4)cc3)CC2)s1. The van der Waals surface area contributed by atoms with Crippen LogP contribution < -0.4 is 10.1 Å². The summed E-state index contributed by atoms with van der Waals surface area (Å²) in [6.45, 7) is 5.06. The number of aryl methyl sites for hydroxylation is 1. The minimum atomic E-state index is 0.0719. The minimum Gasteiger partial charge on any atom is -0.456 e. The number of likely N-dealkylation sites (tertiary alicyclic amines) is 1. The number of aromatic nitrogens is 1. The van der Waals surface area contributed by atoms with E-state index in [1.807, 2.05) is 47.7 Å². The average Bonchev–Trinajstić information content (AvgIpc) is 3.15. The van der Waals surface area contributed by atoms with Crippen LogP contribution in [0.15, 0.2) is 60.9 Å². The monoisotopic (exact) mass is 407 g/mol. The van der Waals surface area contributed by atoms with Crippen molar-refractivity contribution in [1.29, 1.82) is 0 Å². The molecule has 3 heterocycles. The molecule has 2 aromatic heterocycles. The molecule has 1 aliphatic heterocycles. The van der Waals surface area contributed by atoms with Gasteiger partial charge < -0.3 is 10.1 Å². The Bertz CT molecular complexity index is 932. The maximum Gasteiger partial charge on any atom is 0.227 e. The fourth-order valence-electron chi connectivity index (χ4n) is 3.54. The van der Waals surface area contributed by atoms with Crippen LogP contribution in [0.5, 0.6) is 11.5 Å². The Morgan fingerprint density at radius 1 is 1.14 bits per heavy atom. The number of thiophene rings is 1. The molecule has 29 heavy (non-hydrogen) atoms. The van der Waals surface area contributed by atoms with Gasteiger partial charge in [-0.2, -0.15) is 0 Å². The predicted octanol–water partition coefficient (Wildman–Crippen LogP) is 5.09. The summed E-state index contributed by atoms with van der Waals surface area (Å²) in [5.41, 5.74) is 0.796. The maximum absolute atomic E-state index is 12.6. The average molecular weight is 408 g/mol. The van der Waals surface area contributed by atoms with Crippen molar-refractivity contribution in [3.63, 3.8) is 0 Å². The molecule has 0 saturated carbocycles. The van der Waals surface area contributed by atoms with Gasteiger partial charge in [-0.15, -0.1) is 11.3 Å². The Balaban J connectivity index is 1.25. The van der Waals surface area contributed by atoms with Crippen molar-refractivity contribution < 1.29 is 9.53 Å². The Kier molecular flexibility index (Phi) is 6.22. The second kappa shape index (κ2) is 9.20. The summed E-state index contributed by atoms with van der Waals surface area (Å²) >= 11 is 1.86. The number of carbonyl (C=O) groups is 1. The highest BCUT2D eigenvalue weighted by Gasteiger charge is 2.25. The standard InChI is InChI=1S/C23H25N3O2S/c1-17-4-9-22(29-17)16-26-13-10-18(11-14-26)23(27)25-19-5-7-20(8-6-19)28-21-3-2-12-24-15-21/h2-9,12,15,18H,10-11,13-14,16H2,1H3,(H,25,27). The summed E-state index contributed by atoms with van der Waals surface area (Å²) in [7, 11) is 0. The first-order chi connectivity index (χ1) is 14.2.